The molecule has 5 heterocycles. The molecule has 0 aromatic carbocycles. The van der Waals surface area contributed by atoms with Gasteiger partial charge in [0.2, 0.25) is 5.95 Å². The number of pyridine rings is 1. The lowest BCUT2D eigenvalue weighted by atomic mass is 9.96. The number of hydrogen-bond donors (Lipinski definition) is 1. The summed E-state index contributed by atoms with van der Waals surface area (Å²) in [6, 6.07) is 7.79. The quantitative estimate of drug-likeness (QED) is 0.731. The first kappa shape index (κ1) is 18.1. The molecule has 150 valence electrons. The van der Waals surface area contributed by atoms with Gasteiger partial charge < -0.3 is 15.0 Å². The van der Waals surface area contributed by atoms with Gasteiger partial charge in [-0.15, -0.1) is 0 Å². The molecule has 8 heteroatoms. The smallest absolute Gasteiger partial charge is 0.255 e. The molecule has 0 spiro atoms. The summed E-state index contributed by atoms with van der Waals surface area (Å²) in [5.74, 6) is 1.11. The van der Waals surface area contributed by atoms with Crippen molar-refractivity contribution in [2.45, 2.75) is 31.2 Å². The fourth-order valence-corrected chi connectivity index (χ4v) is 4.17. The Morgan fingerprint density at radius 1 is 1.17 bits per heavy atom. The van der Waals surface area contributed by atoms with Crippen molar-refractivity contribution < 1.29 is 9.53 Å². The van der Waals surface area contributed by atoms with Crippen molar-refractivity contribution in [2.24, 2.45) is 0 Å². The van der Waals surface area contributed by atoms with Gasteiger partial charge in [-0.1, -0.05) is 6.07 Å². The Labute approximate surface area is 168 Å². The van der Waals surface area contributed by atoms with E-state index in [4.69, 9.17) is 9.72 Å². The Bertz CT molecular complexity index is 1010. The molecule has 8 nitrogen and oxygen atoms in total. The first-order valence-electron chi connectivity index (χ1n) is 10.2. The van der Waals surface area contributed by atoms with E-state index in [0.717, 1.165) is 56.2 Å². The monoisotopic (exact) mass is 392 g/mol. The lowest BCUT2D eigenvalue weighted by Gasteiger charge is -2.23. The Morgan fingerprint density at radius 3 is 2.97 bits per heavy atom. The number of ether oxygens (including phenoxy) is 1. The van der Waals surface area contributed by atoms with Gasteiger partial charge >= 0.3 is 0 Å². The van der Waals surface area contributed by atoms with E-state index in [1.807, 2.05) is 36.7 Å². The van der Waals surface area contributed by atoms with Gasteiger partial charge in [0.1, 0.15) is 0 Å². The van der Waals surface area contributed by atoms with Crippen LogP contribution in [0.25, 0.3) is 5.52 Å². The first-order chi connectivity index (χ1) is 14.3. The highest BCUT2D eigenvalue weighted by atomic mass is 16.5. The average molecular weight is 392 g/mol. The van der Waals surface area contributed by atoms with Gasteiger partial charge in [0.15, 0.2) is 0 Å². The van der Waals surface area contributed by atoms with Crippen molar-refractivity contribution in [1.29, 1.82) is 0 Å². The molecular weight excluding hydrogens is 368 g/mol. The summed E-state index contributed by atoms with van der Waals surface area (Å²) >= 11 is 0. The third-order valence-corrected chi connectivity index (χ3v) is 5.78. The molecule has 0 radical (unpaired) electrons. The van der Waals surface area contributed by atoms with Crippen molar-refractivity contribution in [3.63, 3.8) is 0 Å². The molecule has 2 fully saturated rings. The summed E-state index contributed by atoms with van der Waals surface area (Å²) in [4.78, 5) is 24.2. The van der Waals surface area contributed by atoms with E-state index in [1.54, 1.807) is 10.7 Å². The lowest BCUT2D eigenvalue weighted by molar-refractivity contribution is 0.0845. The molecule has 5 rings (SSSR count). The molecule has 0 aliphatic carbocycles. The molecule has 3 aromatic rings. The summed E-state index contributed by atoms with van der Waals surface area (Å²) < 4.78 is 7.17. The third kappa shape index (κ3) is 3.67. The predicted molar refractivity (Wildman–Crippen MR) is 108 cm³/mol. The van der Waals surface area contributed by atoms with Crippen molar-refractivity contribution in [3.8, 4) is 0 Å². The van der Waals surface area contributed by atoms with Gasteiger partial charge in [0.05, 0.1) is 17.3 Å². The van der Waals surface area contributed by atoms with Gasteiger partial charge in [0, 0.05) is 56.4 Å². The van der Waals surface area contributed by atoms with Crippen LogP contribution in [-0.4, -0.2) is 57.8 Å². The van der Waals surface area contributed by atoms with Crippen LogP contribution < -0.4 is 10.2 Å². The number of rotatable bonds is 4. The second kappa shape index (κ2) is 7.79. The number of aromatic nitrogens is 4. The Kier molecular flexibility index (Phi) is 4.85. The zero-order chi connectivity index (χ0) is 19.6. The summed E-state index contributed by atoms with van der Waals surface area (Å²) in [5.41, 5.74) is 2.51. The van der Waals surface area contributed by atoms with Gasteiger partial charge in [-0.3, -0.25) is 4.79 Å². The van der Waals surface area contributed by atoms with Crippen LogP contribution in [-0.2, 0) is 4.74 Å². The fraction of sp³-hybridized carbons (Fsp3) is 0.429. The first-order valence-corrected chi connectivity index (χ1v) is 10.2. The zero-order valence-electron chi connectivity index (χ0n) is 16.2. The van der Waals surface area contributed by atoms with Crippen molar-refractivity contribution in [2.75, 3.05) is 31.2 Å². The molecular formula is C21H24N6O2. The number of nitrogens with one attached hydrogen (secondary N) is 1. The van der Waals surface area contributed by atoms with Gasteiger partial charge in [-0.25, -0.2) is 14.5 Å². The van der Waals surface area contributed by atoms with E-state index in [0.29, 0.717) is 18.0 Å². The van der Waals surface area contributed by atoms with Gasteiger partial charge in [0.25, 0.3) is 5.91 Å². The summed E-state index contributed by atoms with van der Waals surface area (Å²) in [6.07, 6.45) is 8.20. The maximum atomic E-state index is 12.8. The molecule has 1 atom stereocenters. The largest absolute Gasteiger partial charge is 0.381 e. The second-order valence-corrected chi connectivity index (χ2v) is 7.66. The minimum absolute atomic E-state index is 0.0662. The average Bonchev–Trinajstić information content (AvgIpc) is 3.42. The normalized spacial score (nSPS) is 20.3. The van der Waals surface area contributed by atoms with Crippen LogP contribution >= 0.6 is 0 Å². The van der Waals surface area contributed by atoms with Crippen LogP contribution in [0.3, 0.4) is 0 Å². The topological polar surface area (TPSA) is 84.7 Å². The van der Waals surface area contributed by atoms with E-state index in [9.17, 15) is 4.79 Å². The molecule has 29 heavy (non-hydrogen) atoms. The zero-order valence-corrected chi connectivity index (χ0v) is 16.2. The van der Waals surface area contributed by atoms with Crippen LogP contribution in [0.4, 0.5) is 5.95 Å². The standard InChI is InChI=1S/C21H24N6O2/c28-20(17-13-23-27-9-2-1-3-19(17)27)24-16-5-10-26(14-16)21-22-8-4-18(25-21)15-6-11-29-12-7-15/h1-4,8-9,13,15-16H,5-7,10-12,14H2,(H,24,28). The Morgan fingerprint density at radius 2 is 2.07 bits per heavy atom. The molecule has 1 unspecified atom stereocenters. The highest BCUT2D eigenvalue weighted by Gasteiger charge is 2.27. The number of amides is 1. The van der Waals surface area contributed by atoms with Crippen LogP contribution in [0.5, 0.6) is 0 Å². The summed E-state index contributed by atoms with van der Waals surface area (Å²) in [6.45, 7) is 3.13. The summed E-state index contributed by atoms with van der Waals surface area (Å²) in [5, 5.41) is 7.39. The third-order valence-electron chi connectivity index (χ3n) is 5.78. The van der Waals surface area contributed by atoms with E-state index >= 15 is 0 Å². The Balaban J connectivity index is 1.25. The molecule has 2 saturated heterocycles. The molecule has 0 bridgehead atoms. The van der Waals surface area contributed by atoms with Crippen LogP contribution in [0.1, 0.15) is 41.2 Å². The van der Waals surface area contributed by atoms with Crippen molar-refractivity contribution in [3.05, 3.63) is 54.1 Å². The molecule has 1 N–H and O–H groups in total. The van der Waals surface area contributed by atoms with E-state index < -0.39 is 0 Å². The maximum Gasteiger partial charge on any atom is 0.255 e. The van der Waals surface area contributed by atoms with Crippen molar-refractivity contribution in [1.82, 2.24) is 24.9 Å². The molecule has 3 aromatic heterocycles. The number of hydrogen-bond acceptors (Lipinski definition) is 6. The van der Waals surface area contributed by atoms with Crippen LogP contribution in [0.2, 0.25) is 0 Å². The van der Waals surface area contributed by atoms with Gasteiger partial charge in [-0.2, -0.15) is 5.10 Å². The minimum atomic E-state index is -0.0880. The van der Waals surface area contributed by atoms with E-state index in [-0.39, 0.29) is 11.9 Å². The summed E-state index contributed by atoms with van der Waals surface area (Å²) in [7, 11) is 0. The SMILES string of the molecule is O=C(NC1CCN(c2nccc(C3CCOCC3)n2)C1)c1cnn2ccccc12. The van der Waals surface area contributed by atoms with Crippen LogP contribution in [0, 0.1) is 0 Å². The molecule has 0 saturated carbocycles. The lowest BCUT2D eigenvalue weighted by Crippen LogP contribution is -2.37. The number of carbonyl (C=O) groups excluding carboxylic acids is 1. The maximum absolute atomic E-state index is 12.8. The number of nitrogens with zero attached hydrogens (tertiary/aromatic N) is 5. The van der Waals surface area contributed by atoms with Gasteiger partial charge in [-0.05, 0) is 37.5 Å². The number of carbonyl (C=O) groups is 1. The highest BCUT2D eigenvalue weighted by molar-refractivity contribution is 6.00. The Hall–Kier alpha value is -3.00. The number of fused-ring (bicyclic) bond motifs is 1. The number of anilines is 1. The molecule has 1 amide bonds. The minimum Gasteiger partial charge on any atom is -0.381 e. The molecule has 2 aliphatic heterocycles. The fourth-order valence-electron chi connectivity index (χ4n) is 4.17. The van der Waals surface area contributed by atoms with Crippen LogP contribution in [0.15, 0.2) is 42.9 Å². The second-order valence-electron chi connectivity index (χ2n) is 7.66. The predicted octanol–water partition coefficient (Wildman–Crippen LogP) is 2.03. The van der Waals surface area contributed by atoms with E-state index in [1.165, 1.54) is 0 Å². The van der Waals surface area contributed by atoms with E-state index in [2.05, 4.69) is 20.3 Å². The van der Waals surface area contributed by atoms with Crippen molar-refractivity contribution >= 4 is 17.4 Å². The molecule has 2 aliphatic rings. The highest BCUT2D eigenvalue weighted by Crippen LogP contribution is 2.27.